The molecular weight excluding hydrogens is 842 g/mol. The average molecular weight is 873 g/mol. The molecule has 0 aliphatic carbocycles. The minimum atomic E-state index is -6.25. The summed E-state index contributed by atoms with van der Waals surface area (Å²) in [5.74, 6) is -0.299. The largest absolute Gasteiger partial charge is 0.756 e. The number of aliphatic hydroxyl groups is 3. The van der Waals surface area contributed by atoms with Gasteiger partial charge in [0, 0.05) is 39.8 Å². The Morgan fingerprint density at radius 3 is 2.37 bits per heavy atom. The monoisotopic (exact) mass is 873 g/mol. The van der Waals surface area contributed by atoms with Crippen LogP contribution in [0.1, 0.15) is 13.2 Å². The van der Waals surface area contributed by atoms with Crippen molar-refractivity contribution in [3.63, 3.8) is 0 Å². The number of aromatic amines is 1. The van der Waals surface area contributed by atoms with Gasteiger partial charge in [0.2, 0.25) is 5.95 Å². The maximum atomic E-state index is 12.4. The summed E-state index contributed by atoms with van der Waals surface area (Å²) in [4.78, 5) is 66.2. The van der Waals surface area contributed by atoms with E-state index in [1.165, 1.54) is 0 Å². The summed E-state index contributed by atoms with van der Waals surface area (Å²) in [5.41, 5.74) is 10.6. The molecule has 2 saturated heterocycles. The number of imidazole rings is 1. The first-order valence-electron chi connectivity index (χ1n) is 14.6. The summed E-state index contributed by atoms with van der Waals surface area (Å²) < 4.78 is 66.1. The maximum absolute atomic E-state index is 12.4. The van der Waals surface area contributed by atoms with Gasteiger partial charge in [-0.05, 0) is 6.10 Å². The molecule has 9 N–H and O–H groups in total. The molecule has 52 heavy (non-hydrogen) atoms. The second-order valence-electron chi connectivity index (χ2n) is 11.6. The molecule has 6 heterocycles. The van der Waals surface area contributed by atoms with Crippen molar-refractivity contribution in [1.82, 2.24) is 34.6 Å². The van der Waals surface area contributed by atoms with Gasteiger partial charge in [-0.15, -0.1) is 5.92 Å². The van der Waals surface area contributed by atoms with Crippen molar-refractivity contribution in [2.75, 3.05) is 32.7 Å². The summed E-state index contributed by atoms with van der Waals surface area (Å²) in [6, 6.07) is 0. The predicted molar refractivity (Wildman–Crippen MR) is 160 cm³/mol. The number of phosphoric acid groups is 3. The molecule has 0 amide bonds. The average Bonchev–Trinajstić information content (AvgIpc) is 3.74. The Bertz CT molecular complexity index is 1950. The van der Waals surface area contributed by atoms with Gasteiger partial charge in [0.05, 0.1) is 26.2 Å². The van der Waals surface area contributed by atoms with Crippen LogP contribution >= 0.6 is 23.5 Å². The third-order valence-electron chi connectivity index (χ3n) is 7.90. The molecule has 6 unspecified atom stereocenters. The number of aliphatic hydroxyl groups excluding tert-OH is 3. The number of H-pyrrole nitrogens is 1. The van der Waals surface area contributed by atoms with Crippen molar-refractivity contribution >= 4 is 46.5 Å². The second kappa shape index (κ2) is 15.3. The number of ether oxygens (including phenoxy) is 2. The Balaban J connectivity index is 0.00000523. The normalized spacial score (nSPS) is 32.5. The standard InChI is InChI=1S/C22H34N10O16P3.Y/c1-8-3-9(45-19(8)32-7-30(2)12-16(32)27-22(24)29-18(12)36)4-43-49(37,38)47-51(41,42)48-50(39,40)44-5-10-13(33)14(34)20(46-10)31-6-25-11-15(31)26-21(23)28-17(11)35;/h3,6,8-10,13-14,18-20,33-34,36H,4-5,7H2,1-2H3,(H,37,38)(H,39,40)(H,41,42)(H3,24,27,29)(H3,23,26,28,35);/q-1;/p-3/t8-,9-,10+,13?,14?,18?,19+,20+;/m0./s1. The molecule has 2 aromatic heterocycles. The van der Waals surface area contributed by atoms with Crippen LogP contribution in [0.4, 0.5) is 5.95 Å². The second-order valence-corrected chi connectivity index (χ2v) is 16.1. The van der Waals surface area contributed by atoms with E-state index in [0.29, 0.717) is 11.5 Å². The van der Waals surface area contributed by atoms with E-state index in [2.05, 4.69) is 42.9 Å². The number of nitrogens with two attached hydrogens (primary N) is 2. The number of anilines is 1. The fraction of sp³-hybridized carbons (Fsp3) is 0.591. The topological polar surface area (TPSA) is 383 Å². The van der Waals surface area contributed by atoms with E-state index in [1.807, 2.05) is 0 Å². The van der Waals surface area contributed by atoms with Gasteiger partial charge in [-0.1, -0.05) is 6.92 Å². The fourth-order valence-electron chi connectivity index (χ4n) is 5.81. The van der Waals surface area contributed by atoms with Crippen molar-refractivity contribution < 1.29 is 104 Å². The first-order chi connectivity index (χ1) is 23.7. The molecule has 0 spiro atoms. The predicted octanol–water partition coefficient (Wildman–Crippen LogP) is -5.03. The minimum Gasteiger partial charge on any atom is -0.756 e. The molecule has 1 radical (unpaired) electrons. The van der Waals surface area contributed by atoms with Gasteiger partial charge in [0.1, 0.15) is 36.1 Å². The maximum Gasteiger partial charge on any atom is 0.280 e. The van der Waals surface area contributed by atoms with Gasteiger partial charge in [-0.3, -0.25) is 34.5 Å². The Morgan fingerprint density at radius 2 is 1.69 bits per heavy atom. The number of hydrogen-bond donors (Lipinski definition) is 7. The molecule has 4 aliphatic rings. The molecule has 6 rings (SSSR count). The number of aromatic nitrogens is 4. The van der Waals surface area contributed by atoms with Crippen LogP contribution in [0, 0.1) is 12.3 Å². The molecule has 0 saturated carbocycles. The summed E-state index contributed by atoms with van der Waals surface area (Å²) in [5, 5.41) is 34.0. The van der Waals surface area contributed by atoms with Crippen molar-refractivity contribution in [1.29, 1.82) is 0 Å². The van der Waals surface area contributed by atoms with Crippen LogP contribution in [0.2, 0.25) is 0 Å². The number of nitrogens with zero attached hydrogens (tertiary/aromatic N) is 6. The van der Waals surface area contributed by atoms with Crippen LogP contribution in [-0.2, 0) is 73.5 Å². The summed E-state index contributed by atoms with van der Waals surface area (Å²) in [6.07, 6.45) is -7.12. The quantitative estimate of drug-likeness (QED) is 0.0775. The van der Waals surface area contributed by atoms with E-state index in [1.54, 1.807) is 30.2 Å². The van der Waals surface area contributed by atoms with Gasteiger partial charge in [0.15, 0.2) is 29.6 Å². The van der Waals surface area contributed by atoms with Crippen LogP contribution in [0.15, 0.2) is 27.6 Å². The number of guanidine groups is 1. The number of aliphatic imine (C=N–C) groups is 1. The molecule has 0 aromatic carbocycles. The van der Waals surface area contributed by atoms with Crippen LogP contribution in [0.5, 0.6) is 0 Å². The summed E-state index contributed by atoms with van der Waals surface area (Å²) in [7, 11) is -16.3. The first-order valence-corrected chi connectivity index (χ1v) is 19.0. The van der Waals surface area contributed by atoms with Gasteiger partial charge >= 0.3 is 0 Å². The fourth-order valence-corrected chi connectivity index (χ4v) is 9.19. The SMILES string of the molecule is C[C@H]1[CH-][C@@H](COP(=O)([O-])OP(=O)([O-])OP(=O)([O-])OC[C@H]2O[C@@H](n3cnc4c(=O)[nH]c(N)nc43)C(O)C2O)O[C@H]1N1CN(C)C2=C1NC(N)=NC2O.[Y]. The van der Waals surface area contributed by atoms with Crippen LogP contribution in [0.25, 0.3) is 11.2 Å². The van der Waals surface area contributed by atoms with E-state index in [9.17, 15) is 48.5 Å². The van der Waals surface area contributed by atoms with E-state index in [4.69, 9.17) is 20.9 Å². The van der Waals surface area contributed by atoms with Gasteiger partial charge in [0.25, 0.3) is 29.0 Å². The molecule has 2 aromatic rings. The van der Waals surface area contributed by atoms with Gasteiger partial charge in [-0.2, -0.15) is 4.98 Å². The third kappa shape index (κ3) is 8.63. The molecule has 0 bridgehead atoms. The zero-order chi connectivity index (χ0) is 37.2. The number of fused-ring (bicyclic) bond motifs is 1. The first kappa shape index (κ1) is 41.2. The smallest absolute Gasteiger partial charge is 0.280 e. The van der Waals surface area contributed by atoms with Crippen molar-refractivity contribution in [3.05, 3.63) is 34.6 Å². The number of rotatable bonds is 12. The van der Waals surface area contributed by atoms with E-state index < -0.39 is 85.3 Å². The molecule has 26 nitrogen and oxygen atoms in total. The number of likely N-dealkylation sites (N-methyl/N-ethyl adjacent to an activating group) is 1. The summed E-state index contributed by atoms with van der Waals surface area (Å²) >= 11 is 0. The van der Waals surface area contributed by atoms with E-state index >= 15 is 0 Å². The number of nitrogen functional groups attached to an aromatic ring is 1. The molecular formula is C22H31N10O16P3Y-4. The van der Waals surface area contributed by atoms with E-state index in [-0.39, 0.29) is 68.4 Å². The van der Waals surface area contributed by atoms with Gasteiger partial charge in [-0.25, -0.2) is 18.6 Å². The van der Waals surface area contributed by atoms with Gasteiger partial charge < -0.3 is 75.1 Å². The number of nitrogens with one attached hydrogen (secondary N) is 2. The zero-order valence-corrected chi connectivity index (χ0v) is 32.3. The Hall–Kier alpha value is -1.93. The molecule has 287 valence electrons. The third-order valence-corrected chi connectivity index (χ3v) is 12.0. The Morgan fingerprint density at radius 1 is 1.04 bits per heavy atom. The zero-order valence-electron chi connectivity index (χ0n) is 26.8. The van der Waals surface area contributed by atoms with Crippen LogP contribution < -0.4 is 37.0 Å². The Kier molecular flexibility index (Phi) is 12.1. The molecule has 30 heteroatoms. The van der Waals surface area contributed by atoms with E-state index in [0.717, 1.165) is 10.9 Å². The van der Waals surface area contributed by atoms with Crippen LogP contribution in [0.3, 0.4) is 0 Å². The number of hydrogen-bond acceptors (Lipinski definition) is 24. The molecule has 4 aliphatic heterocycles. The Labute approximate surface area is 317 Å². The molecule has 11 atom stereocenters. The van der Waals surface area contributed by atoms with Crippen molar-refractivity contribution in [2.24, 2.45) is 16.6 Å². The van der Waals surface area contributed by atoms with Crippen molar-refractivity contribution in [3.8, 4) is 0 Å². The van der Waals surface area contributed by atoms with Crippen LogP contribution in [-0.4, -0.2) is 114 Å². The number of phosphoric ester groups is 2. The van der Waals surface area contributed by atoms with Crippen molar-refractivity contribution in [2.45, 2.75) is 50.0 Å². The summed E-state index contributed by atoms with van der Waals surface area (Å²) in [6.45, 7) is 0.0440. The minimum absolute atomic E-state index is 0. The molecule has 2 fully saturated rings.